The highest BCUT2D eigenvalue weighted by Crippen LogP contribution is 2.33. The number of carbonyl (C=O) groups is 2. The SMILES string of the molecule is CC[C@H](C)CNc1cnc2c(c1)c(NC(=O)[C@H]1CCCO1)c(C(=O)OC)n2CCCc1ccccc1. The molecular weight excluding hydrogens is 456 g/mol. The van der Waals surface area contributed by atoms with Gasteiger partial charge in [-0.2, -0.15) is 0 Å². The van der Waals surface area contributed by atoms with Crippen LogP contribution in [0.1, 0.15) is 55.6 Å². The van der Waals surface area contributed by atoms with Gasteiger partial charge in [0.2, 0.25) is 0 Å². The highest BCUT2D eigenvalue weighted by Gasteiger charge is 2.30. The molecule has 0 unspecified atom stereocenters. The number of hydrogen-bond acceptors (Lipinski definition) is 6. The summed E-state index contributed by atoms with van der Waals surface area (Å²) >= 11 is 0. The number of methoxy groups -OCH3 is 1. The number of aromatic nitrogens is 2. The lowest BCUT2D eigenvalue weighted by Crippen LogP contribution is -2.28. The molecule has 1 amide bonds. The van der Waals surface area contributed by atoms with Crippen molar-refractivity contribution in [1.29, 1.82) is 0 Å². The molecule has 0 radical (unpaired) electrons. The van der Waals surface area contributed by atoms with Gasteiger partial charge in [0.15, 0.2) is 5.69 Å². The van der Waals surface area contributed by atoms with Crippen LogP contribution in [0.5, 0.6) is 0 Å². The maximum absolute atomic E-state index is 13.0. The Kier molecular flexibility index (Phi) is 8.59. The van der Waals surface area contributed by atoms with Crippen LogP contribution in [0, 0.1) is 5.92 Å². The number of anilines is 2. The molecule has 8 heteroatoms. The number of nitrogens with zero attached hydrogens (tertiary/aromatic N) is 2. The summed E-state index contributed by atoms with van der Waals surface area (Å²) in [7, 11) is 1.35. The zero-order valence-electron chi connectivity index (χ0n) is 21.4. The highest BCUT2D eigenvalue weighted by atomic mass is 16.5. The Balaban J connectivity index is 1.71. The van der Waals surface area contributed by atoms with Crippen LogP contribution in [0.15, 0.2) is 42.6 Å². The van der Waals surface area contributed by atoms with Gasteiger partial charge < -0.3 is 24.7 Å². The van der Waals surface area contributed by atoms with Crippen molar-refractivity contribution in [2.24, 2.45) is 5.92 Å². The second-order valence-electron chi connectivity index (χ2n) is 9.44. The second kappa shape index (κ2) is 12.0. The molecule has 8 nitrogen and oxygen atoms in total. The molecule has 3 aromatic rings. The molecule has 0 spiro atoms. The standard InChI is InChI=1S/C28H36N4O4/c1-4-19(2)17-29-21-16-22-24(31-27(33)23-13-9-15-36-23)25(28(34)35-3)32(26(22)30-18-21)14-8-12-20-10-6-5-7-11-20/h5-7,10-11,16,18-19,23,29H,4,8-9,12-15,17H2,1-3H3,(H,31,33)/t19-,23+/m0/s1. The van der Waals surface area contributed by atoms with E-state index >= 15 is 0 Å². The number of hydrogen-bond donors (Lipinski definition) is 2. The van der Waals surface area contributed by atoms with E-state index in [4.69, 9.17) is 14.5 Å². The van der Waals surface area contributed by atoms with Gasteiger partial charge in [-0.25, -0.2) is 9.78 Å². The van der Waals surface area contributed by atoms with Crippen molar-refractivity contribution >= 4 is 34.3 Å². The van der Waals surface area contributed by atoms with Gasteiger partial charge in [0.05, 0.1) is 24.7 Å². The molecule has 2 atom stereocenters. The van der Waals surface area contributed by atoms with Crippen LogP contribution in [0.2, 0.25) is 0 Å². The summed E-state index contributed by atoms with van der Waals surface area (Å²) in [5.74, 6) is -0.254. The molecular formula is C28H36N4O4. The highest BCUT2D eigenvalue weighted by molar-refractivity contribution is 6.12. The first-order valence-electron chi connectivity index (χ1n) is 12.8. The normalized spacial score (nSPS) is 16.1. The van der Waals surface area contributed by atoms with Crippen molar-refractivity contribution in [3.63, 3.8) is 0 Å². The van der Waals surface area contributed by atoms with Crippen LogP contribution >= 0.6 is 0 Å². The molecule has 2 aromatic heterocycles. The van der Waals surface area contributed by atoms with E-state index in [1.165, 1.54) is 12.7 Å². The maximum Gasteiger partial charge on any atom is 0.356 e. The third kappa shape index (κ3) is 5.87. The fourth-order valence-electron chi connectivity index (χ4n) is 4.49. The predicted octanol–water partition coefficient (Wildman–Crippen LogP) is 5.03. The minimum Gasteiger partial charge on any atom is -0.464 e. The van der Waals surface area contributed by atoms with Crippen molar-refractivity contribution in [3.05, 3.63) is 53.9 Å². The third-order valence-corrected chi connectivity index (χ3v) is 6.79. The number of benzene rings is 1. The van der Waals surface area contributed by atoms with Gasteiger partial charge in [0.1, 0.15) is 11.8 Å². The number of aryl methyl sites for hydroxylation is 2. The molecule has 192 valence electrons. The lowest BCUT2D eigenvalue weighted by atomic mass is 10.1. The first-order valence-corrected chi connectivity index (χ1v) is 12.8. The van der Waals surface area contributed by atoms with E-state index in [0.29, 0.717) is 47.9 Å². The van der Waals surface area contributed by atoms with Crippen LogP contribution < -0.4 is 10.6 Å². The molecule has 1 aliphatic rings. The molecule has 4 rings (SSSR count). The quantitative estimate of drug-likeness (QED) is 0.365. The molecule has 3 heterocycles. The smallest absolute Gasteiger partial charge is 0.356 e. The average molecular weight is 493 g/mol. The summed E-state index contributed by atoms with van der Waals surface area (Å²) in [5, 5.41) is 7.13. The molecule has 36 heavy (non-hydrogen) atoms. The molecule has 1 saturated heterocycles. The Morgan fingerprint density at radius 1 is 1.28 bits per heavy atom. The summed E-state index contributed by atoms with van der Waals surface area (Å²) in [6, 6.07) is 12.2. The number of fused-ring (bicyclic) bond motifs is 1. The van der Waals surface area contributed by atoms with Crippen molar-refractivity contribution in [1.82, 2.24) is 9.55 Å². The summed E-state index contributed by atoms with van der Waals surface area (Å²) in [6.07, 6.45) is 5.48. The minimum atomic E-state index is -0.522. The largest absolute Gasteiger partial charge is 0.464 e. The fraction of sp³-hybridized carbons (Fsp3) is 0.464. The van der Waals surface area contributed by atoms with Gasteiger partial charge in [-0.15, -0.1) is 0 Å². The van der Waals surface area contributed by atoms with Gasteiger partial charge in [-0.05, 0) is 43.2 Å². The lowest BCUT2D eigenvalue weighted by Gasteiger charge is -2.13. The maximum atomic E-state index is 13.0. The molecule has 1 aliphatic heterocycles. The van der Waals surface area contributed by atoms with E-state index in [-0.39, 0.29) is 5.91 Å². The Morgan fingerprint density at radius 3 is 2.78 bits per heavy atom. The van der Waals surface area contributed by atoms with E-state index in [2.05, 4.69) is 36.6 Å². The Hall–Kier alpha value is -3.39. The minimum absolute atomic E-state index is 0.251. The Labute approximate surface area is 212 Å². The van der Waals surface area contributed by atoms with E-state index in [9.17, 15) is 9.59 Å². The van der Waals surface area contributed by atoms with E-state index in [0.717, 1.165) is 37.9 Å². The molecule has 0 saturated carbocycles. The number of esters is 1. The number of amides is 1. The average Bonchev–Trinajstić information content (AvgIpc) is 3.55. The summed E-state index contributed by atoms with van der Waals surface area (Å²) < 4.78 is 12.6. The zero-order chi connectivity index (χ0) is 25.5. The van der Waals surface area contributed by atoms with Gasteiger partial charge in [-0.1, -0.05) is 50.6 Å². The molecule has 0 bridgehead atoms. The molecule has 1 fully saturated rings. The second-order valence-corrected chi connectivity index (χ2v) is 9.44. The molecule has 0 aliphatic carbocycles. The van der Waals surface area contributed by atoms with Crippen molar-refractivity contribution in [2.75, 3.05) is 30.9 Å². The van der Waals surface area contributed by atoms with Crippen LogP contribution in [0.25, 0.3) is 11.0 Å². The van der Waals surface area contributed by atoms with Crippen molar-refractivity contribution in [2.45, 2.75) is 58.6 Å². The van der Waals surface area contributed by atoms with Crippen molar-refractivity contribution in [3.8, 4) is 0 Å². The van der Waals surface area contributed by atoms with E-state index in [1.807, 2.05) is 28.8 Å². The summed E-state index contributed by atoms with van der Waals surface area (Å²) in [6.45, 7) is 6.27. The molecule has 2 N–H and O–H groups in total. The summed E-state index contributed by atoms with van der Waals surface area (Å²) in [4.78, 5) is 30.8. The van der Waals surface area contributed by atoms with Crippen molar-refractivity contribution < 1.29 is 19.1 Å². The summed E-state index contributed by atoms with van der Waals surface area (Å²) in [5.41, 5.74) is 3.44. The number of rotatable bonds is 11. The van der Waals surface area contributed by atoms with Gasteiger partial charge >= 0.3 is 5.97 Å². The number of pyridine rings is 1. The Bertz CT molecular complexity index is 1190. The number of nitrogens with one attached hydrogen (secondary N) is 2. The van der Waals surface area contributed by atoms with E-state index in [1.54, 1.807) is 6.20 Å². The zero-order valence-corrected chi connectivity index (χ0v) is 21.4. The van der Waals surface area contributed by atoms with Gasteiger partial charge in [0, 0.05) is 25.1 Å². The Morgan fingerprint density at radius 2 is 2.08 bits per heavy atom. The van der Waals surface area contributed by atoms with Crippen LogP contribution in [0.3, 0.4) is 0 Å². The number of carbonyl (C=O) groups excluding carboxylic acids is 2. The first kappa shape index (κ1) is 25.7. The van der Waals surface area contributed by atoms with Gasteiger partial charge in [0.25, 0.3) is 5.91 Å². The first-order chi connectivity index (χ1) is 17.5. The van der Waals surface area contributed by atoms with Crippen LogP contribution in [-0.2, 0) is 27.2 Å². The monoisotopic (exact) mass is 492 g/mol. The topological polar surface area (TPSA) is 94.5 Å². The fourth-order valence-corrected chi connectivity index (χ4v) is 4.49. The van der Waals surface area contributed by atoms with Crippen LogP contribution in [-0.4, -0.2) is 47.8 Å². The van der Waals surface area contributed by atoms with E-state index < -0.39 is 12.1 Å². The van der Waals surface area contributed by atoms with Gasteiger partial charge in [-0.3, -0.25) is 4.79 Å². The molecule has 1 aromatic carbocycles. The number of ether oxygens (including phenoxy) is 2. The predicted molar refractivity (Wildman–Crippen MR) is 141 cm³/mol. The lowest BCUT2D eigenvalue weighted by molar-refractivity contribution is -0.124. The van der Waals surface area contributed by atoms with Crippen LogP contribution in [0.4, 0.5) is 11.4 Å². The third-order valence-electron chi connectivity index (χ3n) is 6.79.